The van der Waals surface area contributed by atoms with E-state index in [1.807, 2.05) is 0 Å². The molecule has 0 spiro atoms. The Hall–Kier alpha value is -5.40. The normalized spacial score (nSPS) is 15.5. The van der Waals surface area contributed by atoms with Gasteiger partial charge in [0.25, 0.3) is 0 Å². The monoisotopic (exact) mass is 615 g/mol. The molecular formula is C47H37N. The topological polar surface area (TPSA) is 3.24 Å². The summed E-state index contributed by atoms with van der Waals surface area (Å²) in [4.78, 5) is 2.44. The zero-order valence-electron chi connectivity index (χ0n) is 27.2. The molecule has 3 aliphatic carbocycles. The molecule has 230 valence electrons. The highest BCUT2D eigenvalue weighted by Crippen LogP contribution is 2.46. The number of rotatable bonds is 3. The number of hydrogen-bond donors (Lipinski definition) is 0. The van der Waals surface area contributed by atoms with Crippen LogP contribution >= 0.6 is 0 Å². The fraction of sp³-hybridized carbons (Fsp3) is 0.149. The summed E-state index contributed by atoms with van der Waals surface area (Å²) in [6.45, 7) is 0. The summed E-state index contributed by atoms with van der Waals surface area (Å²) in [5, 5.41) is 2.77. The maximum absolute atomic E-state index is 2.50. The zero-order chi connectivity index (χ0) is 31.6. The maximum Gasteiger partial charge on any atom is 0.0497 e. The molecule has 0 aromatic heterocycles. The first-order valence-corrected chi connectivity index (χ1v) is 17.6. The highest BCUT2D eigenvalue weighted by atomic mass is 15.2. The molecule has 4 aliphatic rings. The molecule has 1 heterocycles. The van der Waals surface area contributed by atoms with Crippen molar-refractivity contribution in [3.63, 3.8) is 0 Å². The molecule has 1 nitrogen and oxygen atoms in total. The molecule has 0 bridgehead atoms. The van der Waals surface area contributed by atoms with Crippen LogP contribution in [0.4, 0.5) is 17.1 Å². The van der Waals surface area contributed by atoms with Gasteiger partial charge in [0.15, 0.2) is 0 Å². The van der Waals surface area contributed by atoms with Crippen LogP contribution in [-0.4, -0.2) is 0 Å². The minimum absolute atomic E-state index is 0.973. The van der Waals surface area contributed by atoms with Crippen LogP contribution in [0.1, 0.15) is 63.8 Å². The largest absolute Gasteiger partial charge is 0.310 e. The van der Waals surface area contributed by atoms with Crippen molar-refractivity contribution in [2.45, 2.75) is 44.9 Å². The van der Waals surface area contributed by atoms with Crippen molar-refractivity contribution >= 4 is 46.1 Å². The highest BCUT2D eigenvalue weighted by Gasteiger charge is 2.25. The molecule has 0 radical (unpaired) electrons. The molecule has 0 fully saturated rings. The van der Waals surface area contributed by atoms with E-state index in [9.17, 15) is 0 Å². The molecule has 10 rings (SSSR count). The summed E-state index contributed by atoms with van der Waals surface area (Å²) < 4.78 is 0. The number of allylic oxidation sites excluding steroid dienone is 3. The molecular weight excluding hydrogens is 579 g/mol. The van der Waals surface area contributed by atoms with E-state index in [4.69, 9.17) is 0 Å². The van der Waals surface area contributed by atoms with Crippen LogP contribution in [0, 0.1) is 0 Å². The number of benzene rings is 6. The number of aryl methyl sites for hydroxylation is 1. The summed E-state index contributed by atoms with van der Waals surface area (Å²) in [5.41, 5.74) is 20.6. The van der Waals surface area contributed by atoms with Crippen molar-refractivity contribution in [2.75, 3.05) is 4.90 Å². The van der Waals surface area contributed by atoms with Gasteiger partial charge in [0, 0.05) is 23.5 Å². The van der Waals surface area contributed by atoms with Gasteiger partial charge < -0.3 is 4.90 Å². The summed E-state index contributed by atoms with van der Waals surface area (Å²) in [5.74, 6) is 0. The van der Waals surface area contributed by atoms with E-state index in [1.54, 1.807) is 0 Å². The number of hydrogen-bond acceptors (Lipinski definition) is 1. The van der Waals surface area contributed by atoms with Gasteiger partial charge >= 0.3 is 0 Å². The minimum atomic E-state index is 0.973. The van der Waals surface area contributed by atoms with Crippen molar-refractivity contribution < 1.29 is 0 Å². The second-order valence-electron chi connectivity index (χ2n) is 13.8. The van der Waals surface area contributed by atoms with E-state index in [1.165, 1.54) is 94.6 Å². The van der Waals surface area contributed by atoms with Gasteiger partial charge in [0.2, 0.25) is 0 Å². The Morgan fingerprint density at radius 2 is 1.06 bits per heavy atom. The van der Waals surface area contributed by atoms with Crippen LogP contribution < -0.4 is 4.90 Å². The van der Waals surface area contributed by atoms with E-state index >= 15 is 0 Å². The highest BCUT2D eigenvalue weighted by molar-refractivity contribution is 6.06. The third kappa shape index (κ3) is 4.38. The number of nitrogens with zero attached hydrogens (tertiary/aromatic N) is 1. The molecule has 0 saturated carbocycles. The first kappa shape index (κ1) is 27.7. The zero-order valence-corrected chi connectivity index (χ0v) is 27.2. The van der Waals surface area contributed by atoms with Crippen molar-refractivity contribution in [1.29, 1.82) is 0 Å². The molecule has 0 amide bonds. The first-order valence-electron chi connectivity index (χ1n) is 17.6. The quantitative estimate of drug-likeness (QED) is 0.191. The van der Waals surface area contributed by atoms with Crippen molar-refractivity contribution in [3.05, 3.63) is 166 Å². The molecule has 0 N–H and O–H groups in total. The van der Waals surface area contributed by atoms with Crippen LogP contribution in [0.5, 0.6) is 0 Å². The van der Waals surface area contributed by atoms with Crippen molar-refractivity contribution in [3.8, 4) is 22.3 Å². The predicted octanol–water partition coefficient (Wildman–Crippen LogP) is 12.4. The lowest BCUT2D eigenvalue weighted by molar-refractivity contribution is 0.981. The van der Waals surface area contributed by atoms with Gasteiger partial charge in [-0.25, -0.2) is 0 Å². The predicted molar refractivity (Wildman–Crippen MR) is 204 cm³/mol. The Bertz CT molecular complexity index is 2320. The van der Waals surface area contributed by atoms with Crippen LogP contribution in [-0.2, 0) is 25.7 Å². The molecule has 6 aromatic carbocycles. The van der Waals surface area contributed by atoms with E-state index in [0.29, 0.717) is 0 Å². The lowest BCUT2D eigenvalue weighted by Crippen LogP contribution is -2.18. The summed E-state index contributed by atoms with van der Waals surface area (Å²) >= 11 is 0. The van der Waals surface area contributed by atoms with Gasteiger partial charge in [0.1, 0.15) is 0 Å². The van der Waals surface area contributed by atoms with E-state index < -0.39 is 0 Å². The smallest absolute Gasteiger partial charge is 0.0497 e. The molecule has 0 saturated heterocycles. The molecule has 1 heteroatoms. The third-order valence-corrected chi connectivity index (χ3v) is 11.0. The first-order chi connectivity index (χ1) is 23.8. The minimum Gasteiger partial charge on any atom is -0.310 e. The summed E-state index contributed by atoms with van der Waals surface area (Å²) in [6.07, 6.45) is 21.8. The van der Waals surface area contributed by atoms with Crippen LogP contribution in [0.25, 0.3) is 51.3 Å². The van der Waals surface area contributed by atoms with Gasteiger partial charge in [-0.2, -0.15) is 0 Å². The Morgan fingerprint density at radius 1 is 0.479 bits per heavy atom. The number of fused-ring (bicyclic) bond motifs is 8. The standard InChI is InChI=1S/C47H37N/c1-2-12-33-27-34(22-21-31(33)11-1)44-30-37-29-43(39-15-5-7-17-41(39)47(37)42-18-8-6-16-40(42)44)32-23-25-38(26-24-32)48-45-19-9-3-13-35(45)28-36-14-4-10-20-46(36)48/h2-4,7-10,12-14,17-27,29-30H,1,5-6,11,15-16,28H2. The van der Waals surface area contributed by atoms with E-state index in [-0.39, 0.29) is 0 Å². The average Bonchev–Trinajstić information content (AvgIpc) is 3.16. The van der Waals surface area contributed by atoms with Crippen LogP contribution in [0.3, 0.4) is 0 Å². The number of anilines is 3. The third-order valence-electron chi connectivity index (χ3n) is 11.0. The molecule has 0 unspecified atom stereocenters. The van der Waals surface area contributed by atoms with E-state index in [2.05, 4.69) is 144 Å². The van der Waals surface area contributed by atoms with Gasteiger partial charge in [-0.1, -0.05) is 97.1 Å². The number of para-hydroxylation sites is 2. The maximum atomic E-state index is 2.50. The average molecular weight is 616 g/mol. The van der Waals surface area contributed by atoms with Gasteiger partial charge in [0.05, 0.1) is 0 Å². The Labute approximate surface area is 283 Å². The van der Waals surface area contributed by atoms with E-state index in [0.717, 1.165) is 44.9 Å². The molecule has 6 aromatic rings. The van der Waals surface area contributed by atoms with Crippen LogP contribution in [0.15, 0.2) is 121 Å². The Kier molecular flexibility index (Phi) is 6.40. The second kappa shape index (κ2) is 11.1. The molecule has 48 heavy (non-hydrogen) atoms. The second-order valence-corrected chi connectivity index (χ2v) is 13.8. The fourth-order valence-electron chi connectivity index (χ4n) is 8.75. The SMILES string of the molecule is C1=Cc2cc(-c3cc4cc(-c5ccc(N6c7ccccc7Cc7ccccc76)cc5)c5c(c4c4c3CCC=C4)C=CCC5)ccc2CC1. The van der Waals surface area contributed by atoms with Crippen molar-refractivity contribution in [1.82, 2.24) is 0 Å². The van der Waals surface area contributed by atoms with Crippen LogP contribution in [0.2, 0.25) is 0 Å². The lowest BCUT2D eigenvalue weighted by Gasteiger charge is -2.33. The Morgan fingerprint density at radius 3 is 1.75 bits per heavy atom. The summed E-state index contributed by atoms with van der Waals surface area (Å²) in [6, 6.07) is 39.2. The lowest BCUT2D eigenvalue weighted by atomic mass is 9.79. The molecule has 0 atom stereocenters. The fourth-order valence-corrected chi connectivity index (χ4v) is 8.75. The van der Waals surface area contributed by atoms with Crippen molar-refractivity contribution in [2.24, 2.45) is 0 Å². The summed E-state index contributed by atoms with van der Waals surface area (Å²) in [7, 11) is 0. The van der Waals surface area contributed by atoms with Gasteiger partial charge in [-0.15, -0.1) is 0 Å². The van der Waals surface area contributed by atoms with Gasteiger partial charge in [-0.3, -0.25) is 0 Å². The molecule has 1 aliphatic heterocycles. The van der Waals surface area contributed by atoms with Gasteiger partial charge in [-0.05, 0) is 159 Å². The Balaban J connectivity index is 1.14.